The molecule has 5 nitrogen and oxygen atoms in total. The van der Waals surface area contributed by atoms with E-state index < -0.39 is 6.36 Å². The first-order valence-corrected chi connectivity index (χ1v) is 6.23. The fourth-order valence-corrected chi connectivity index (χ4v) is 2.55. The van der Waals surface area contributed by atoms with Crippen molar-refractivity contribution in [2.24, 2.45) is 12.1 Å². The van der Waals surface area contributed by atoms with Gasteiger partial charge in [-0.2, -0.15) is 0 Å². The van der Waals surface area contributed by atoms with Gasteiger partial charge in [-0.15, -0.1) is 18.3 Å². The van der Waals surface area contributed by atoms with E-state index in [0.29, 0.717) is 15.0 Å². The summed E-state index contributed by atoms with van der Waals surface area (Å²) in [5.74, 6) is -0.624. The van der Waals surface area contributed by atoms with Crippen molar-refractivity contribution in [1.29, 1.82) is 0 Å². The molecule has 0 bridgehead atoms. The number of hydrogen-bond acceptors (Lipinski definition) is 4. The van der Waals surface area contributed by atoms with E-state index in [1.807, 2.05) is 0 Å². The monoisotopic (exact) mass is 305 g/mol. The molecule has 0 atom stereocenters. The van der Waals surface area contributed by atoms with Gasteiger partial charge in [-0.1, -0.05) is 11.3 Å². The van der Waals surface area contributed by atoms with Gasteiger partial charge in [0.2, 0.25) is 10.7 Å². The van der Waals surface area contributed by atoms with Gasteiger partial charge in [-0.3, -0.25) is 4.79 Å². The number of aryl methyl sites for hydroxylation is 1. The Hall–Kier alpha value is -2.03. The molecule has 0 saturated carbocycles. The average Bonchev–Trinajstić information content (AvgIpc) is 2.61. The quantitative estimate of drug-likeness (QED) is 0.864. The third-order valence-corrected chi connectivity index (χ3v) is 3.42. The van der Waals surface area contributed by atoms with Crippen molar-refractivity contribution in [1.82, 2.24) is 9.99 Å². The number of rotatable bonds is 2. The maximum absolute atomic E-state index is 12.1. The van der Waals surface area contributed by atoms with Crippen LogP contribution in [0.25, 0.3) is 10.2 Å². The van der Waals surface area contributed by atoms with E-state index in [1.54, 1.807) is 11.6 Å². The zero-order chi connectivity index (χ0) is 14.9. The van der Waals surface area contributed by atoms with Gasteiger partial charge in [0.25, 0.3) is 0 Å². The van der Waals surface area contributed by atoms with Crippen molar-refractivity contribution in [2.75, 3.05) is 0 Å². The van der Waals surface area contributed by atoms with Crippen LogP contribution in [-0.4, -0.2) is 16.8 Å². The van der Waals surface area contributed by atoms with Crippen LogP contribution in [0.3, 0.4) is 0 Å². The number of nitrogens with zero attached hydrogens (tertiary/aromatic N) is 2. The van der Waals surface area contributed by atoms with Gasteiger partial charge >= 0.3 is 6.36 Å². The van der Waals surface area contributed by atoms with Crippen LogP contribution in [0.2, 0.25) is 0 Å². The van der Waals surface area contributed by atoms with Crippen LogP contribution in [-0.2, 0) is 11.8 Å². The molecule has 1 amide bonds. The molecule has 0 spiro atoms. The summed E-state index contributed by atoms with van der Waals surface area (Å²) in [7, 11) is 1.70. The fraction of sp³-hybridized carbons (Fsp3) is 0.273. The molecule has 108 valence electrons. The fourth-order valence-electron chi connectivity index (χ4n) is 1.54. The second-order valence-corrected chi connectivity index (χ2v) is 4.91. The first kappa shape index (κ1) is 14.4. The highest BCUT2D eigenvalue weighted by molar-refractivity contribution is 7.16. The summed E-state index contributed by atoms with van der Waals surface area (Å²) in [5, 5.41) is 3.87. The molecule has 9 heteroatoms. The summed E-state index contributed by atoms with van der Waals surface area (Å²) >= 11 is 1.14. The molecule has 0 unspecified atom stereocenters. The number of carbonyl (C=O) groups excluding carboxylic acids is 1. The van der Waals surface area contributed by atoms with E-state index in [0.717, 1.165) is 11.3 Å². The SMILES string of the molecule is CC(=O)N/N=c1\sc2cc(OC(F)(F)F)ccc2n1C. The van der Waals surface area contributed by atoms with E-state index in [-0.39, 0.29) is 11.7 Å². The van der Waals surface area contributed by atoms with Crippen LogP contribution in [0.4, 0.5) is 13.2 Å². The van der Waals surface area contributed by atoms with Crippen molar-refractivity contribution in [2.45, 2.75) is 13.3 Å². The predicted octanol–water partition coefficient (Wildman–Crippen LogP) is 2.09. The number of ether oxygens (including phenoxy) is 1. The van der Waals surface area contributed by atoms with Crippen LogP contribution in [0, 0.1) is 0 Å². The average molecular weight is 305 g/mol. The van der Waals surface area contributed by atoms with Gasteiger partial charge in [0, 0.05) is 14.0 Å². The molecule has 0 aliphatic heterocycles. The van der Waals surface area contributed by atoms with Gasteiger partial charge in [-0.25, -0.2) is 5.43 Å². The Balaban J connectivity index is 2.44. The number of hydrogen-bond donors (Lipinski definition) is 1. The first-order chi connectivity index (χ1) is 9.26. The van der Waals surface area contributed by atoms with Crippen molar-refractivity contribution in [3.8, 4) is 5.75 Å². The molecule has 1 N–H and O–H groups in total. The number of alkyl halides is 3. The van der Waals surface area contributed by atoms with E-state index in [2.05, 4.69) is 15.3 Å². The molecular weight excluding hydrogens is 295 g/mol. The Labute approximate surface area is 115 Å². The molecule has 1 aromatic carbocycles. The third kappa shape index (κ3) is 3.29. The van der Waals surface area contributed by atoms with Crippen molar-refractivity contribution in [3.05, 3.63) is 23.0 Å². The minimum Gasteiger partial charge on any atom is -0.406 e. The normalized spacial score (nSPS) is 12.8. The molecule has 1 heterocycles. The van der Waals surface area contributed by atoms with Crippen LogP contribution in [0.5, 0.6) is 5.75 Å². The number of halogens is 3. The van der Waals surface area contributed by atoms with Crippen molar-refractivity contribution in [3.63, 3.8) is 0 Å². The maximum atomic E-state index is 12.1. The van der Waals surface area contributed by atoms with Crippen LogP contribution in [0.15, 0.2) is 23.3 Å². The Bertz CT molecular complexity index is 718. The zero-order valence-electron chi connectivity index (χ0n) is 10.5. The largest absolute Gasteiger partial charge is 0.573 e. The number of aromatic nitrogens is 1. The smallest absolute Gasteiger partial charge is 0.406 e. The molecule has 0 radical (unpaired) electrons. The minimum atomic E-state index is -4.73. The van der Waals surface area contributed by atoms with Crippen molar-refractivity contribution >= 4 is 27.5 Å². The molecule has 0 aliphatic rings. The van der Waals surface area contributed by atoms with Gasteiger partial charge in [0.05, 0.1) is 10.2 Å². The summed E-state index contributed by atoms with van der Waals surface area (Å²) < 4.78 is 42.5. The lowest BCUT2D eigenvalue weighted by Gasteiger charge is -2.08. The topological polar surface area (TPSA) is 55.6 Å². The summed E-state index contributed by atoms with van der Waals surface area (Å²) in [6, 6.07) is 4.00. The standard InChI is InChI=1S/C11H10F3N3O2S/c1-6(18)15-16-10-17(2)8-4-3-7(5-9(8)20-10)19-11(12,13)14/h3-5H,1-2H3,(H,15,18)/b16-10-. The highest BCUT2D eigenvalue weighted by atomic mass is 32.1. The number of benzene rings is 1. The second-order valence-electron chi connectivity index (χ2n) is 3.90. The number of amides is 1. The number of fused-ring (bicyclic) bond motifs is 1. The second kappa shape index (κ2) is 5.16. The lowest BCUT2D eigenvalue weighted by Crippen LogP contribution is -2.20. The molecule has 20 heavy (non-hydrogen) atoms. The van der Waals surface area contributed by atoms with Crippen LogP contribution < -0.4 is 15.0 Å². The van der Waals surface area contributed by atoms with Crippen LogP contribution in [0.1, 0.15) is 6.92 Å². The highest BCUT2D eigenvalue weighted by Gasteiger charge is 2.31. The Kier molecular flexibility index (Phi) is 3.71. The summed E-state index contributed by atoms with van der Waals surface area (Å²) in [6.07, 6.45) is -4.73. The van der Waals surface area contributed by atoms with E-state index in [1.165, 1.54) is 25.1 Å². The lowest BCUT2D eigenvalue weighted by molar-refractivity contribution is -0.274. The van der Waals surface area contributed by atoms with Gasteiger partial charge < -0.3 is 9.30 Å². The number of carbonyl (C=O) groups is 1. The zero-order valence-corrected chi connectivity index (χ0v) is 11.3. The summed E-state index contributed by atoms with van der Waals surface area (Å²) in [4.78, 5) is 11.3. The van der Waals surface area contributed by atoms with Crippen molar-refractivity contribution < 1.29 is 22.7 Å². The lowest BCUT2D eigenvalue weighted by atomic mass is 10.3. The first-order valence-electron chi connectivity index (χ1n) is 5.42. The number of nitrogens with one attached hydrogen (secondary N) is 1. The summed E-state index contributed by atoms with van der Waals surface area (Å²) in [5.41, 5.74) is 2.97. The Morgan fingerprint density at radius 1 is 1.45 bits per heavy atom. The Morgan fingerprint density at radius 2 is 2.15 bits per heavy atom. The van der Waals surface area contributed by atoms with Gasteiger partial charge in [-0.05, 0) is 18.2 Å². The molecule has 0 fully saturated rings. The predicted molar refractivity (Wildman–Crippen MR) is 66.9 cm³/mol. The minimum absolute atomic E-state index is 0.294. The molecule has 0 saturated heterocycles. The maximum Gasteiger partial charge on any atom is 0.573 e. The van der Waals surface area contributed by atoms with E-state index >= 15 is 0 Å². The van der Waals surface area contributed by atoms with E-state index in [4.69, 9.17) is 0 Å². The molecule has 1 aromatic heterocycles. The summed E-state index contributed by atoms with van der Waals surface area (Å²) in [6.45, 7) is 1.31. The van der Waals surface area contributed by atoms with Gasteiger partial charge in [0.1, 0.15) is 5.75 Å². The molecule has 2 rings (SSSR count). The Morgan fingerprint density at radius 3 is 2.75 bits per heavy atom. The molecular formula is C11H10F3N3O2S. The third-order valence-electron chi connectivity index (χ3n) is 2.32. The highest BCUT2D eigenvalue weighted by Crippen LogP contribution is 2.27. The molecule has 2 aromatic rings. The van der Waals surface area contributed by atoms with Gasteiger partial charge in [0.15, 0.2) is 0 Å². The van der Waals surface area contributed by atoms with Crippen LogP contribution >= 0.6 is 11.3 Å². The molecule has 0 aliphatic carbocycles. The van der Waals surface area contributed by atoms with E-state index in [9.17, 15) is 18.0 Å². The number of thiazole rings is 1.